The minimum atomic E-state index is 0.150. The van der Waals surface area contributed by atoms with Gasteiger partial charge in [-0.1, -0.05) is 37.1 Å². The normalized spacial score (nSPS) is 19.9. The second-order valence-electron chi connectivity index (χ2n) is 7.54. The van der Waals surface area contributed by atoms with Gasteiger partial charge in [0.05, 0.1) is 57.9 Å². The molecule has 0 aliphatic heterocycles. The molecule has 1 aliphatic carbocycles. The number of nitrogens with zero attached hydrogens (tertiary/aromatic N) is 6. The van der Waals surface area contributed by atoms with Crippen LogP contribution in [0.1, 0.15) is 37.1 Å². The highest BCUT2D eigenvalue weighted by Crippen LogP contribution is 2.24. The molecule has 0 N–H and O–H groups in total. The summed E-state index contributed by atoms with van der Waals surface area (Å²) in [6.45, 7) is 0. The van der Waals surface area contributed by atoms with Gasteiger partial charge in [0.2, 0.25) is 0 Å². The van der Waals surface area contributed by atoms with Gasteiger partial charge in [-0.25, -0.2) is 9.97 Å². The molecule has 30 heavy (non-hydrogen) atoms. The number of rotatable bonds is 4. The highest BCUT2D eigenvalue weighted by Gasteiger charge is 2.23. The van der Waals surface area contributed by atoms with Gasteiger partial charge in [-0.05, 0) is 37.1 Å². The Bertz CT molecular complexity index is 1140. The van der Waals surface area contributed by atoms with E-state index in [2.05, 4.69) is 19.9 Å². The first-order chi connectivity index (χ1) is 14.8. The van der Waals surface area contributed by atoms with Crippen LogP contribution >= 0.6 is 0 Å². The molecule has 0 spiro atoms. The summed E-state index contributed by atoms with van der Waals surface area (Å²) in [5, 5.41) is 0. The number of aliphatic imine (C=N–C) groups is 2. The van der Waals surface area contributed by atoms with Crippen molar-refractivity contribution in [3.8, 4) is 0 Å². The standard InChI is InChI=1S/C24H22N6/c1-2-8-20(26-14-18-16-28-22-10-4-6-12-24(22)30-18)19(7-1)25-13-17-15-27-21-9-3-5-11-23(21)29-17/h3-6,9-16,19-20H,1-2,7-8H2/b25-13-,26-14-. The van der Waals surface area contributed by atoms with Crippen LogP contribution in [-0.2, 0) is 0 Å². The molecule has 1 saturated carbocycles. The summed E-state index contributed by atoms with van der Waals surface area (Å²) in [6, 6.07) is 16.0. The van der Waals surface area contributed by atoms with Crippen LogP contribution < -0.4 is 0 Å². The van der Waals surface area contributed by atoms with E-state index in [-0.39, 0.29) is 12.1 Å². The Morgan fingerprint density at radius 2 is 1.07 bits per heavy atom. The van der Waals surface area contributed by atoms with Crippen LogP contribution in [0, 0.1) is 0 Å². The fraction of sp³-hybridized carbons (Fsp3) is 0.250. The first-order valence-electron chi connectivity index (χ1n) is 10.4. The highest BCUT2D eigenvalue weighted by atomic mass is 14.9. The zero-order valence-corrected chi connectivity index (χ0v) is 16.6. The van der Waals surface area contributed by atoms with Crippen molar-refractivity contribution in [2.75, 3.05) is 0 Å². The minimum absolute atomic E-state index is 0.150. The van der Waals surface area contributed by atoms with Crippen LogP contribution in [0.25, 0.3) is 22.1 Å². The lowest BCUT2D eigenvalue weighted by Gasteiger charge is -2.25. The van der Waals surface area contributed by atoms with Crippen LogP contribution in [0.3, 0.4) is 0 Å². The quantitative estimate of drug-likeness (QED) is 0.480. The van der Waals surface area contributed by atoms with Gasteiger partial charge < -0.3 is 0 Å². The van der Waals surface area contributed by atoms with Crippen LogP contribution in [0.4, 0.5) is 0 Å². The zero-order valence-electron chi connectivity index (χ0n) is 16.6. The zero-order chi connectivity index (χ0) is 20.2. The van der Waals surface area contributed by atoms with Crippen molar-refractivity contribution in [3.63, 3.8) is 0 Å². The molecule has 4 aromatic rings. The van der Waals surface area contributed by atoms with Gasteiger partial charge in [0, 0.05) is 12.4 Å². The Balaban J connectivity index is 1.34. The van der Waals surface area contributed by atoms with Crippen molar-refractivity contribution in [2.45, 2.75) is 37.8 Å². The predicted molar refractivity (Wildman–Crippen MR) is 120 cm³/mol. The molecule has 148 valence electrons. The molecule has 0 bridgehead atoms. The third kappa shape index (κ3) is 4.08. The lowest BCUT2D eigenvalue weighted by Crippen LogP contribution is -2.27. The van der Waals surface area contributed by atoms with E-state index in [9.17, 15) is 0 Å². The third-order valence-corrected chi connectivity index (χ3v) is 5.42. The monoisotopic (exact) mass is 394 g/mol. The molecule has 1 aliphatic rings. The molecule has 2 heterocycles. The van der Waals surface area contributed by atoms with Crippen LogP contribution in [0.5, 0.6) is 0 Å². The SMILES string of the molecule is C(=N/C1CCCCC1/N=C\c1cnc2ccccc2n1)/c1cnc2ccccc2n1. The number of hydrogen-bond donors (Lipinski definition) is 0. The fourth-order valence-electron chi connectivity index (χ4n) is 3.85. The Morgan fingerprint density at radius 1 is 0.633 bits per heavy atom. The van der Waals surface area contributed by atoms with Crippen molar-refractivity contribution >= 4 is 34.5 Å². The molecule has 0 amide bonds. The van der Waals surface area contributed by atoms with Gasteiger partial charge in [-0.3, -0.25) is 20.0 Å². The Labute approximate surface area is 174 Å². The Morgan fingerprint density at radius 3 is 1.53 bits per heavy atom. The molecule has 0 radical (unpaired) electrons. The van der Waals surface area contributed by atoms with Gasteiger partial charge in [0.1, 0.15) is 0 Å². The predicted octanol–water partition coefficient (Wildman–Crippen LogP) is 4.42. The van der Waals surface area contributed by atoms with E-state index in [4.69, 9.17) is 9.98 Å². The molecule has 6 heteroatoms. The van der Waals surface area contributed by atoms with E-state index in [1.165, 1.54) is 12.8 Å². The van der Waals surface area contributed by atoms with Gasteiger partial charge in [0.25, 0.3) is 0 Å². The summed E-state index contributed by atoms with van der Waals surface area (Å²) in [5.74, 6) is 0. The average molecular weight is 394 g/mol. The lowest BCUT2D eigenvalue weighted by atomic mass is 9.91. The molecular formula is C24H22N6. The fourth-order valence-corrected chi connectivity index (χ4v) is 3.85. The Kier molecular flexibility index (Phi) is 5.21. The van der Waals surface area contributed by atoms with E-state index >= 15 is 0 Å². The van der Waals surface area contributed by atoms with Gasteiger partial charge >= 0.3 is 0 Å². The third-order valence-electron chi connectivity index (χ3n) is 5.42. The van der Waals surface area contributed by atoms with E-state index in [1.807, 2.05) is 61.0 Å². The second kappa shape index (κ2) is 8.45. The molecule has 1 fully saturated rings. The largest absolute Gasteiger partial charge is 0.285 e. The molecule has 2 atom stereocenters. The van der Waals surface area contributed by atoms with Crippen LogP contribution in [0.15, 0.2) is 70.9 Å². The topological polar surface area (TPSA) is 76.3 Å². The molecule has 6 nitrogen and oxygen atoms in total. The highest BCUT2D eigenvalue weighted by molar-refractivity contribution is 5.83. The number of hydrogen-bond acceptors (Lipinski definition) is 6. The first kappa shape index (κ1) is 18.5. The van der Waals surface area contributed by atoms with Gasteiger partial charge in [0.15, 0.2) is 0 Å². The van der Waals surface area contributed by atoms with E-state index in [1.54, 1.807) is 12.4 Å². The average Bonchev–Trinajstić information content (AvgIpc) is 2.81. The molecule has 0 saturated heterocycles. The minimum Gasteiger partial charge on any atom is -0.285 e. The molecule has 5 rings (SSSR count). The maximum atomic E-state index is 4.83. The lowest BCUT2D eigenvalue weighted by molar-refractivity contribution is 0.390. The summed E-state index contributed by atoms with van der Waals surface area (Å²) >= 11 is 0. The van der Waals surface area contributed by atoms with Gasteiger partial charge in [-0.15, -0.1) is 0 Å². The van der Waals surface area contributed by atoms with Crippen molar-refractivity contribution in [1.82, 2.24) is 19.9 Å². The van der Waals surface area contributed by atoms with Gasteiger partial charge in [-0.2, -0.15) is 0 Å². The number of aromatic nitrogens is 4. The van der Waals surface area contributed by atoms with Crippen molar-refractivity contribution in [2.24, 2.45) is 9.98 Å². The van der Waals surface area contributed by atoms with Crippen molar-refractivity contribution in [1.29, 1.82) is 0 Å². The Hall–Kier alpha value is -3.54. The second-order valence-corrected chi connectivity index (χ2v) is 7.54. The van der Waals surface area contributed by atoms with E-state index < -0.39 is 0 Å². The van der Waals surface area contributed by atoms with E-state index in [0.717, 1.165) is 46.3 Å². The van der Waals surface area contributed by atoms with Crippen molar-refractivity contribution in [3.05, 3.63) is 72.3 Å². The molecule has 2 unspecified atom stereocenters. The smallest absolute Gasteiger partial charge is 0.0998 e. The summed E-state index contributed by atoms with van der Waals surface area (Å²) in [5.41, 5.74) is 5.12. The summed E-state index contributed by atoms with van der Waals surface area (Å²) in [7, 11) is 0. The number of para-hydroxylation sites is 4. The summed E-state index contributed by atoms with van der Waals surface area (Å²) in [6.07, 6.45) is 11.6. The molecule has 2 aromatic carbocycles. The summed E-state index contributed by atoms with van der Waals surface area (Å²) in [4.78, 5) is 27.9. The number of fused-ring (bicyclic) bond motifs is 2. The number of benzene rings is 2. The van der Waals surface area contributed by atoms with Crippen LogP contribution in [0.2, 0.25) is 0 Å². The van der Waals surface area contributed by atoms with Crippen LogP contribution in [-0.4, -0.2) is 44.4 Å². The maximum Gasteiger partial charge on any atom is 0.0998 e. The first-order valence-corrected chi connectivity index (χ1v) is 10.4. The molecule has 2 aromatic heterocycles. The maximum absolute atomic E-state index is 4.83. The van der Waals surface area contributed by atoms with E-state index in [0.29, 0.717) is 0 Å². The van der Waals surface area contributed by atoms with Crippen molar-refractivity contribution < 1.29 is 0 Å². The summed E-state index contributed by atoms with van der Waals surface area (Å²) < 4.78 is 0. The molecular weight excluding hydrogens is 372 g/mol.